The Hall–Kier alpha value is -1.92. The van der Waals surface area contributed by atoms with Gasteiger partial charge < -0.3 is 21.7 Å². The molecule has 0 saturated heterocycles. The van der Waals surface area contributed by atoms with Gasteiger partial charge in [0.25, 0.3) is 0 Å². The summed E-state index contributed by atoms with van der Waals surface area (Å²) in [5, 5.41) is 19.3. The average molecular weight is 374 g/mol. The Bertz CT molecular complexity index is 694. The van der Waals surface area contributed by atoms with Gasteiger partial charge in [-0.15, -0.1) is 0 Å². The lowest BCUT2D eigenvalue weighted by Gasteiger charge is -2.48. The summed E-state index contributed by atoms with van der Waals surface area (Å²) in [5.41, 5.74) is 14.2. The minimum absolute atomic E-state index is 0.0701. The van der Waals surface area contributed by atoms with E-state index in [9.17, 15) is 19.8 Å². The van der Waals surface area contributed by atoms with Gasteiger partial charge in [-0.2, -0.15) is 0 Å². The molecule has 0 atom stereocenters. The Morgan fingerprint density at radius 1 is 0.778 bits per heavy atom. The predicted molar refractivity (Wildman–Crippen MR) is 103 cm³/mol. The molecule has 0 aliphatic heterocycles. The third-order valence-corrected chi connectivity index (χ3v) is 6.44. The van der Waals surface area contributed by atoms with Crippen LogP contribution >= 0.6 is 0 Å². The second-order valence-electron chi connectivity index (χ2n) is 8.35. The minimum Gasteiger partial charge on any atom is -0.478 e. The molecule has 6 heteroatoms. The molecule has 0 aromatic rings. The highest BCUT2D eigenvalue weighted by atomic mass is 16.4. The number of nitrogens with two attached hydrogens (primary N) is 2. The van der Waals surface area contributed by atoms with Crippen molar-refractivity contribution in [2.75, 3.05) is 0 Å². The number of carboxylic acid groups (broad SMARTS) is 2. The molecule has 3 aliphatic rings. The van der Waals surface area contributed by atoms with Gasteiger partial charge in [0.05, 0.1) is 5.57 Å². The number of hydrogen-bond donors (Lipinski definition) is 4. The molecule has 0 heterocycles. The van der Waals surface area contributed by atoms with Crippen LogP contribution in [0.3, 0.4) is 0 Å². The molecule has 0 amide bonds. The molecule has 2 saturated carbocycles. The number of allylic oxidation sites excluding steroid dienone is 2. The number of carbonyl (C=O) groups is 2. The normalized spacial score (nSPS) is 24.6. The van der Waals surface area contributed by atoms with Crippen molar-refractivity contribution in [3.05, 3.63) is 34.4 Å². The zero-order valence-electron chi connectivity index (χ0n) is 15.8. The van der Waals surface area contributed by atoms with Crippen molar-refractivity contribution in [1.29, 1.82) is 0 Å². The summed E-state index contributed by atoms with van der Waals surface area (Å²) < 4.78 is 0. The molecule has 0 aromatic heterocycles. The fraction of sp³-hybridized carbons (Fsp3) is 0.619. The van der Waals surface area contributed by atoms with Crippen LogP contribution < -0.4 is 11.5 Å². The summed E-state index contributed by atoms with van der Waals surface area (Å²) in [4.78, 5) is 23.5. The van der Waals surface area contributed by atoms with E-state index in [0.29, 0.717) is 5.57 Å². The summed E-state index contributed by atoms with van der Waals surface area (Å²) in [5.74, 6) is -2.08. The van der Waals surface area contributed by atoms with Crippen LogP contribution in [0.25, 0.3) is 0 Å². The van der Waals surface area contributed by atoms with Gasteiger partial charge in [-0.05, 0) is 42.9 Å². The third kappa shape index (κ3) is 3.87. The topological polar surface area (TPSA) is 127 Å². The Morgan fingerprint density at radius 3 is 1.67 bits per heavy atom. The highest BCUT2D eigenvalue weighted by Crippen LogP contribution is 2.46. The first-order valence-corrected chi connectivity index (χ1v) is 9.96. The Labute approximate surface area is 160 Å². The van der Waals surface area contributed by atoms with E-state index in [0.717, 1.165) is 69.8 Å². The second-order valence-corrected chi connectivity index (χ2v) is 8.35. The molecule has 148 valence electrons. The molecule has 0 radical (unpaired) electrons. The van der Waals surface area contributed by atoms with E-state index in [1.165, 1.54) is 12.2 Å². The van der Waals surface area contributed by atoms with Crippen LogP contribution in [0.2, 0.25) is 0 Å². The van der Waals surface area contributed by atoms with Crippen LogP contribution in [0.5, 0.6) is 0 Å². The summed E-state index contributed by atoms with van der Waals surface area (Å²) in [6, 6.07) is 0. The van der Waals surface area contributed by atoms with E-state index in [1.54, 1.807) is 0 Å². The Morgan fingerprint density at radius 2 is 1.26 bits per heavy atom. The first-order chi connectivity index (χ1) is 12.8. The Balaban J connectivity index is 2.20. The van der Waals surface area contributed by atoms with E-state index in [-0.39, 0.29) is 17.6 Å². The highest BCUT2D eigenvalue weighted by molar-refractivity contribution is 5.97. The van der Waals surface area contributed by atoms with E-state index >= 15 is 0 Å². The molecule has 27 heavy (non-hydrogen) atoms. The molecule has 3 rings (SSSR count). The minimum atomic E-state index is -1.05. The van der Waals surface area contributed by atoms with Crippen LogP contribution in [-0.4, -0.2) is 33.2 Å². The quantitative estimate of drug-likeness (QED) is 0.599. The third-order valence-electron chi connectivity index (χ3n) is 6.44. The fourth-order valence-corrected chi connectivity index (χ4v) is 5.16. The van der Waals surface area contributed by atoms with Gasteiger partial charge in [0, 0.05) is 23.1 Å². The number of rotatable bonds is 4. The summed E-state index contributed by atoms with van der Waals surface area (Å²) in [7, 11) is 0. The van der Waals surface area contributed by atoms with E-state index < -0.39 is 23.0 Å². The van der Waals surface area contributed by atoms with Crippen molar-refractivity contribution < 1.29 is 19.8 Å². The van der Waals surface area contributed by atoms with Crippen LogP contribution in [0.15, 0.2) is 34.4 Å². The summed E-state index contributed by atoms with van der Waals surface area (Å²) in [6.07, 6.45) is 12.1. The molecule has 0 bridgehead atoms. The van der Waals surface area contributed by atoms with Gasteiger partial charge in [0.15, 0.2) is 0 Å². The van der Waals surface area contributed by atoms with Gasteiger partial charge >= 0.3 is 11.9 Å². The molecule has 6 N–H and O–H groups in total. The van der Waals surface area contributed by atoms with Crippen molar-refractivity contribution in [3.63, 3.8) is 0 Å². The van der Waals surface area contributed by atoms with Gasteiger partial charge in [0.1, 0.15) is 0 Å². The fourth-order valence-electron chi connectivity index (χ4n) is 5.16. The van der Waals surface area contributed by atoms with Gasteiger partial charge in [0.2, 0.25) is 0 Å². The zero-order valence-corrected chi connectivity index (χ0v) is 15.8. The first-order valence-electron chi connectivity index (χ1n) is 9.96. The maximum absolute atomic E-state index is 12.0. The Kier molecular flexibility index (Phi) is 5.58. The molecular formula is C21H30N2O4. The van der Waals surface area contributed by atoms with Gasteiger partial charge in [-0.1, -0.05) is 44.6 Å². The standard InChI is InChI=1S/C21H30N2O4/c22-20(9-3-1-4-10-20)17(21(23)11-5-2-6-12-21)16-13-14(18(24)25)7-8-15(16)19(26)27/h7-8H,1-6,9-13,22-23H2,(H,24,25)(H,26,27). The lowest BCUT2D eigenvalue weighted by atomic mass is 9.62. The first kappa shape index (κ1) is 19.8. The zero-order chi connectivity index (χ0) is 19.7. The van der Waals surface area contributed by atoms with E-state index in [1.807, 2.05) is 0 Å². The highest BCUT2D eigenvalue weighted by Gasteiger charge is 2.46. The molecule has 0 spiro atoms. The SMILES string of the molecule is NC1(C(=C2CC(C(=O)O)=CC=C2C(=O)O)C2(N)CCCCC2)CCCCC1. The number of carboxylic acids is 2. The van der Waals surface area contributed by atoms with Crippen molar-refractivity contribution in [2.24, 2.45) is 11.5 Å². The second kappa shape index (κ2) is 7.60. The lowest BCUT2D eigenvalue weighted by molar-refractivity contribution is -0.134. The van der Waals surface area contributed by atoms with Crippen molar-refractivity contribution in [1.82, 2.24) is 0 Å². The predicted octanol–water partition coefficient (Wildman–Crippen LogP) is 3.03. The van der Waals surface area contributed by atoms with E-state index in [4.69, 9.17) is 11.5 Å². The van der Waals surface area contributed by atoms with Crippen molar-refractivity contribution in [3.8, 4) is 0 Å². The molecule has 6 nitrogen and oxygen atoms in total. The molecule has 0 aromatic carbocycles. The maximum Gasteiger partial charge on any atom is 0.335 e. The van der Waals surface area contributed by atoms with E-state index in [2.05, 4.69) is 0 Å². The molecule has 2 fully saturated rings. The van der Waals surface area contributed by atoms with Crippen molar-refractivity contribution in [2.45, 2.75) is 81.7 Å². The van der Waals surface area contributed by atoms with Crippen LogP contribution in [0.1, 0.15) is 70.6 Å². The maximum atomic E-state index is 12.0. The summed E-state index contributed by atoms with van der Waals surface area (Å²) >= 11 is 0. The average Bonchev–Trinajstić information content (AvgIpc) is 2.62. The number of aliphatic carboxylic acids is 2. The van der Waals surface area contributed by atoms with Gasteiger partial charge in [-0.3, -0.25) is 0 Å². The molecule has 0 unspecified atom stereocenters. The largest absolute Gasteiger partial charge is 0.478 e. The van der Waals surface area contributed by atoms with Gasteiger partial charge in [-0.25, -0.2) is 9.59 Å². The number of hydrogen-bond acceptors (Lipinski definition) is 4. The molecule has 3 aliphatic carbocycles. The molecular weight excluding hydrogens is 344 g/mol. The summed E-state index contributed by atoms with van der Waals surface area (Å²) in [6.45, 7) is 0. The van der Waals surface area contributed by atoms with Crippen LogP contribution in [-0.2, 0) is 9.59 Å². The monoisotopic (exact) mass is 374 g/mol. The van der Waals surface area contributed by atoms with Crippen LogP contribution in [0.4, 0.5) is 0 Å². The lowest BCUT2D eigenvalue weighted by Crippen LogP contribution is -2.57. The van der Waals surface area contributed by atoms with Crippen molar-refractivity contribution >= 4 is 11.9 Å². The smallest absolute Gasteiger partial charge is 0.335 e. The van der Waals surface area contributed by atoms with Crippen LogP contribution in [0, 0.1) is 0 Å².